The Morgan fingerprint density at radius 1 is 1.35 bits per heavy atom. The molecule has 2 heterocycles. The molecule has 0 bridgehead atoms. The van der Waals surface area contributed by atoms with Gasteiger partial charge in [0.25, 0.3) is 0 Å². The van der Waals surface area contributed by atoms with Crippen molar-refractivity contribution in [3.8, 4) is 0 Å². The van der Waals surface area contributed by atoms with Gasteiger partial charge < -0.3 is 15.5 Å². The fourth-order valence-corrected chi connectivity index (χ4v) is 5.26. The predicted molar refractivity (Wildman–Crippen MR) is 99.5 cm³/mol. The fourth-order valence-electron chi connectivity index (χ4n) is 3.92. The monoisotopic (exact) mass is 383 g/mol. The van der Waals surface area contributed by atoms with Crippen LogP contribution in [0.2, 0.25) is 0 Å². The first-order valence-electron chi connectivity index (χ1n) is 9.04. The molecule has 2 saturated heterocycles. The summed E-state index contributed by atoms with van der Waals surface area (Å²) in [5.41, 5.74) is 0.781. The van der Waals surface area contributed by atoms with Crippen molar-refractivity contribution >= 4 is 21.4 Å². The number of rotatable bonds is 4. The second-order valence-electron chi connectivity index (χ2n) is 7.25. The number of piperidine rings is 2. The van der Waals surface area contributed by atoms with Crippen LogP contribution >= 0.6 is 0 Å². The number of carbonyl (C=O) groups excluding carboxylic acids is 1. The van der Waals surface area contributed by atoms with Gasteiger partial charge in [-0.25, -0.2) is 12.8 Å². The number of carbonyl (C=O) groups is 1. The summed E-state index contributed by atoms with van der Waals surface area (Å²) >= 11 is 0. The predicted octanol–water partition coefficient (Wildman–Crippen LogP) is 1.08. The van der Waals surface area contributed by atoms with Gasteiger partial charge in [-0.15, -0.1) is 0 Å². The van der Waals surface area contributed by atoms with Crippen LogP contribution in [0.3, 0.4) is 0 Å². The number of nitrogens with zero attached hydrogens (tertiary/aromatic N) is 1. The Kier molecular flexibility index (Phi) is 5.53. The minimum atomic E-state index is -3.52. The molecular formula is C18H26FN3O3S. The van der Waals surface area contributed by atoms with Crippen molar-refractivity contribution in [2.45, 2.75) is 36.5 Å². The van der Waals surface area contributed by atoms with Crippen LogP contribution in [0.5, 0.6) is 0 Å². The summed E-state index contributed by atoms with van der Waals surface area (Å²) in [5, 5.41) is 6.08. The number of nitrogens with one attached hydrogen (secondary N) is 2. The molecule has 8 heteroatoms. The molecule has 6 nitrogen and oxygen atoms in total. The lowest BCUT2D eigenvalue weighted by molar-refractivity contribution is -0.125. The van der Waals surface area contributed by atoms with E-state index in [1.165, 1.54) is 12.1 Å². The molecular weight excluding hydrogens is 357 g/mol. The lowest BCUT2D eigenvalue weighted by atomic mass is 9.94. The highest BCUT2D eigenvalue weighted by atomic mass is 32.2. The molecule has 0 spiro atoms. The van der Waals surface area contributed by atoms with E-state index in [1.807, 2.05) is 11.0 Å². The highest BCUT2D eigenvalue weighted by molar-refractivity contribution is 7.92. The molecule has 1 aromatic carbocycles. The summed E-state index contributed by atoms with van der Waals surface area (Å²) in [7, 11) is -3.52. The molecule has 1 aromatic rings. The quantitative estimate of drug-likeness (QED) is 0.813. The van der Waals surface area contributed by atoms with E-state index in [4.69, 9.17) is 0 Å². The third kappa shape index (κ3) is 3.86. The van der Waals surface area contributed by atoms with E-state index in [9.17, 15) is 17.6 Å². The maximum atomic E-state index is 13.5. The normalized spacial score (nSPS) is 23.5. The Labute approximate surface area is 154 Å². The van der Waals surface area contributed by atoms with Crippen molar-refractivity contribution in [1.82, 2.24) is 10.6 Å². The van der Waals surface area contributed by atoms with Crippen LogP contribution in [0.4, 0.5) is 10.1 Å². The molecule has 2 N–H and O–H groups in total. The number of hydrogen-bond donors (Lipinski definition) is 2. The van der Waals surface area contributed by atoms with E-state index in [0.29, 0.717) is 19.6 Å². The zero-order chi connectivity index (χ0) is 18.8. The number of hydrogen-bond acceptors (Lipinski definition) is 5. The summed E-state index contributed by atoms with van der Waals surface area (Å²) in [5.74, 6) is -0.688. The molecule has 26 heavy (non-hydrogen) atoms. The van der Waals surface area contributed by atoms with Gasteiger partial charge in [-0.3, -0.25) is 4.79 Å². The minimum absolute atomic E-state index is 0.145. The van der Waals surface area contributed by atoms with E-state index < -0.39 is 20.5 Å². The zero-order valence-electron chi connectivity index (χ0n) is 15.0. The SMILES string of the molecule is CS(=O)(=O)C1(C(=O)NC2CCCN(c3cccc(F)c3)C2)CCNCC1. The van der Waals surface area contributed by atoms with Crippen molar-refractivity contribution in [3.63, 3.8) is 0 Å². The highest BCUT2D eigenvalue weighted by Gasteiger charge is 2.49. The zero-order valence-corrected chi connectivity index (χ0v) is 15.8. The van der Waals surface area contributed by atoms with Gasteiger partial charge in [0.05, 0.1) is 0 Å². The van der Waals surface area contributed by atoms with Crippen molar-refractivity contribution < 1.29 is 17.6 Å². The van der Waals surface area contributed by atoms with Gasteiger partial charge in [-0.2, -0.15) is 0 Å². The molecule has 0 aliphatic carbocycles. The Hall–Kier alpha value is -1.67. The molecule has 1 atom stereocenters. The minimum Gasteiger partial charge on any atom is -0.369 e. The second kappa shape index (κ2) is 7.52. The Morgan fingerprint density at radius 3 is 2.73 bits per heavy atom. The van der Waals surface area contributed by atoms with Crippen molar-refractivity contribution in [2.75, 3.05) is 37.3 Å². The molecule has 3 rings (SSSR count). The maximum Gasteiger partial charge on any atom is 0.241 e. The van der Waals surface area contributed by atoms with Gasteiger partial charge in [0.15, 0.2) is 14.6 Å². The molecule has 0 aromatic heterocycles. The molecule has 0 saturated carbocycles. The number of sulfone groups is 1. The first-order chi connectivity index (χ1) is 12.3. The van der Waals surface area contributed by atoms with E-state index >= 15 is 0 Å². The molecule has 1 amide bonds. The number of anilines is 1. The number of amides is 1. The summed E-state index contributed by atoms with van der Waals surface area (Å²) in [6.45, 7) is 2.37. The fraction of sp³-hybridized carbons (Fsp3) is 0.611. The number of benzene rings is 1. The van der Waals surface area contributed by atoms with Gasteiger partial charge in [-0.1, -0.05) is 6.07 Å². The van der Waals surface area contributed by atoms with E-state index in [-0.39, 0.29) is 24.7 Å². The second-order valence-corrected chi connectivity index (χ2v) is 9.58. The average molecular weight is 383 g/mol. The smallest absolute Gasteiger partial charge is 0.241 e. The molecule has 1 unspecified atom stereocenters. The van der Waals surface area contributed by atoms with Gasteiger partial charge in [-0.05, 0) is 57.0 Å². The first kappa shape index (κ1) is 19.1. The summed E-state index contributed by atoms with van der Waals surface area (Å²) in [6.07, 6.45) is 3.37. The summed E-state index contributed by atoms with van der Waals surface area (Å²) in [6, 6.07) is 6.25. The van der Waals surface area contributed by atoms with Crippen LogP contribution in [0.25, 0.3) is 0 Å². The Balaban J connectivity index is 1.72. The van der Waals surface area contributed by atoms with Crippen LogP contribution in [-0.2, 0) is 14.6 Å². The van der Waals surface area contributed by atoms with Gasteiger partial charge in [0, 0.05) is 31.1 Å². The lowest BCUT2D eigenvalue weighted by Gasteiger charge is -2.39. The van der Waals surface area contributed by atoms with Crippen LogP contribution < -0.4 is 15.5 Å². The number of halogens is 1. The third-order valence-electron chi connectivity index (χ3n) is 5.46. The van der Waals surface area contributed by atoms with Crippen molar-refractivity contribution in [3.05, 3.63) is 30.1 Å². The summed E-state index contributed by atoms with van der Waals surface area (Å²) in [4.78, 5) is 15.0. The lowest BCUT2D eigenvalue weighted by Crippen LogP contribution is -2.60. The van der Waals surface area contributed by atoms with Crippen molar-refractivity contribution in [2.24, 2.45) is 0 Å². The molecule has 144 valence electrons. The van der Waals surface area contributed by atoms with Gasteiger partial charge in [0.1, 0.15) is 5.82 Å². The van der Waals surface area contributed by atoms with Crippen molar-refractivity contribution in [1.29, 1.82) is 0 Å². The molecule has 2 fully saturated rings. The molecule has 2 aliphatic heterocycles. The molecule has 0 radical (unpaired) electrons. The van der Waals surface area contributed by atoms with Gasteiger partial charge in [0.2, 0.25) is 5.91 Å². The van der Waals surface area contributed by atoms with Gasteiger partial charge >= 0.3 is 0 Å². The largest absolute Gasteiger partial charge is 0.369 e. The summed E-state index contributed by atoms with van der Waals surface area (Å²) < 4.78 is 36.9. The average Bonchev–Trinajstić information content (AvgIpc) is 2.61. The topological polar surface area (TPSA) is 78.5 Å². The van der Waals surface area contributed by atoms with Crippen LogP contribution in [0.15, 0.2) is 24.3 Å². The van der Waals surface area contributed by atoms with Crippen LogP contribution in [0.1, 0.15) is 25.7 Å². The van der Waals surface area contributed by atoms with E-state index in [2.05, 4.69) is 10.6 Å². The van der Waals surface area contributed by atoms with Crippen LogP contribution in [0, 0.1) is 5.82 Å². The first-order valence-corrected chi connectivity index (χ1v) is 10.9. The Bertz CT molecular complexity index is 763. The standard InChI is InChI=1S/C18H26FN3O3S/c1-26(24,25)18(7-9-20-10-8-18)17(23)21-15-5-3-11-22(13-15)16-6-2-4-14(19)12-16/h2,4,6,12,15,20H,3,5,7-11,13H2,1H3,(H,21,23). The highest BCUT2D eigenvalue weighted by Crippen LogP contribution is 2.29. The molecule has 2 aliphatic rings. The van der Waals surface area contributed by atoms with E-state index in [1.54, 1.807) is 6.07 Å². The van der Waals surface area contributed by atoms with E-state index in [0.717, 1.165) is 31.3 Å². The van der Waals surface area contributed by atoms with Crippen LogP contribution in [-0.4, -0.2) is 57.5 Å². The third-order valence-corrected chi connectivity index (χ3v) is 7.48. The Morgan fingerprint density at radius 2 is 2.08 bits per heavy atom. The maximum absolute atomic E-state index is 13.5.